The van der Waals surface area contributed by atoms with Crippen molar-refractivity contribution in [1.82, 2.24) is 15.1 Å². The molecule has 2 aromatic carbocycles. The summed E-state index contributed by atoms with van der Waals surface area (Å²) in [5.74, 6) is -1.23. The summed E-state index contributed by atoms with van der Waals surface area (Å²) in [5, 5.41) is 5.65. The van der Waals surface area contributed by atoms with E-state index in [1.165, 1.54) is 12.1 Å². The maximum Gasteiger partial charge on any atom is 0.418 e. The molecule has 2 aliphatic heterocycles. The fourth-order valence-corrected chi connectivity index (χ4v) is 7.63. The van der Waals surface area contributed by atoms with Gasteiger partial charge in [-0.15, -0.1) is 0 Å². The van der Waals surface area contributed by atoms with Crippen LogP contribution in [0.1, 0.15) is 88.0 Å². The van der Waals surface area contributed by atoms with Gasteiger partial charge in [-0.1, -0.05) is 12.1 Å². The van der Waals surface area contributed by atoms with Crippen LogP contribution < -0.4 is 10.6 Å². The summed E-state index contributed by atoms with van der Waals surface area (Å²) in [4.78, 5) is 69.5. The molecule has 0 unspecified atom stereocenters. The first-order valence-corrected chi connectivity index (χ1v) is 16.8. The van der Waals surface area contributed by atoms with Gasteiger partial charge in [0.1, 0.15) is 23.5 Å². The number of halogens is 1. The SMILES string of the molecule is CC(C)(C)OC(=O)NC1(C(=O)Nc2ccc3c(c2)CC[C@@]32OC(=O)N(CC(=O)N3Cc4ccc(F)cc4CC[C@@H]3C3CC3)C2=O)CCC1. The van der Waals surface area contributed by atoms with Crippen LogP contribution in [0.5, 0.6) is 0 Å². The number of alkyl carbamates (subject to hydrolysis) is 1. The standard InChI is InChI=1S/C36H41FN4O7/c1-34(2,3)47-32(45)39-35(14-4-15-35)30(43)38-26-10-11-27-23(18-26)13-16-36(27)31(44)41(33(46)48-36)20-29(42)40-19-24-7-9-25(37)17-22(24)8-12-28(40)21-5-6-21/h7,9-11,17-18,21,28H,4-6,8,12-16,19-20H2,1-3H3,(H,38,43)(H,39,45)/t28-,36-/m1/s1. The number of hydrogen-bond acceptors (Lipinski definition) is 7. The zero-order chi connectivity index (χ0) is 34.0. The zero-order valence-corrected chi connectivity index (χ0v) is 27.5. The Bertz CT molecular complexity index is 1710. The molecule has 0 radical (unpaired) electrons. The molecule has 254 valence electrons. The van der Waals surface area contributed by atoms with E-state index in [9.17, 15) is 28.4 Å². The van der Waals surface area contributed by atoms with Crippen molar-refractivity contribution >= 4 is 35.6 Å². The van der Waals surface area contributed by atoms with Gasteiger partial charge < -0.3 is 25.0 Å². The Labute approximate surface area is 278 Å². The molecule has 0 bridgehead atoms. The third-order valence-corrected chi connectivity index (χ3v) is 10.4. The molecule has 12 heteroatoms. The quantitative estimate of drug-likeness (QED) is 0.441. The van der Waals surface area contributed by atoms with Crippen LogP contribution in [0.2, 0.25) is 0 Å². The molecule has 48 heavy (non-hydrogen) atoms. The van der Waals surface area contributed by atoms with Crippen molar-refractivity contribution in [1.29, 1.82) is 0 Å². The topological polar surface area (TPSA) is 134 Å². The van der Waals surface area contributed by atoms with Crippen LogP contribution in [0, 0.1) is 11.7 Å². The molecule has 2 atom stereocenters. The summed E-state index contributed by atoms with van der Waals surface area (Å²) < 4.78 is 25.1. The van der Waals surface area contributed by atoms with Gasteiger partial charge in [0, 0.05) is 30.3 Å². The Kier molecular flexibility index (Phi) is 7.75. The van der Waals surface area contributed by atoms with Gasteiger partial charge in [-0.3, -0.25) is 14.4 Å². The fraction of sp³-hybridized carbons (Fsp3) is 0.528. The number of carbonyl (C=O) groups excluding carboxylic acids is 5. The Balaban J connectivity index is 1.05. The first-order valence-electron chi connectivity index (χ1n) is 16.8. The highest BCUT2D eigenvalue weighted by Gasteiger charge is 2.59. The van der Waals surface area contributed by atoms with E-state index in [1.54, 1.807) is 49.9 Å². The summed E-state index contributed by atoms with van der Waals surface area (Å²) >= 11 is 0. The first kappa shape index (κ1) is 32.1. The van der Waals surface area contributed by atoms with E-state index in [0.717, 1.165) is 40.9 Å². The lowest BCUT2D eigenvalue weighted by atomic mass is 9.76. The molecule has 5 aliphatic rings. The minimum Gasteiger partial charge on any atom is -0.444 e. The third kappa shape index (κ3) is 5.79. The number of benzene rings is 2. The molecule has 3 fully saturated rings. The minimum absolute atomic E-state index is 0.0464. The van der Waals surface area contributed by atoms with E-state index in [0.29, 0.717) is 55.8 Å². The number of imide groups is 1. The van der Waals surface area contributed by atoms with Gasteiger partial charge in [0.25, 0.3) is 5.91 Å². The van der Waals surface area contributed by atoms with Gasteiger partial charge >= 0.3 is 12.2 Å². The number of anilines is 1. The maximum absolute atomic E-state index is 14.0. The van der Waals surface area contributed by atoms with E-state index in [4.69, 9.17) is 9.47 Å². The molecule has 7 rings (SSSR count). The Hall–Kier alpha value is -4.48. The van der Waals surface area contributed by atoms with Gasteiger partial charge in [0.05, 0.1) is 0 Å². The average molecular weight is 661 g/mol. The van der Waals surface area contributed by atoms with E-state index in [1.807, 2.05) is 0 Å². The second kappa shape index (κ2) is 11.6. The van der Waals surface area contributed by atoms with Crippen molar-refractivity contribution in [3.63, 3.8) is 0 Å². The van der Waals surface area contributed by atoms with Gasteiger partial charge in [-0.2, -0.15) is 0 Å². The number of carbonyl (C=O) groups is 5. The first-order chi connectivity index (χ1) is 22.8. The lowest BCUT2D eigenvalue weighted by Gasteiger charge is -2.40. The van der Waals surface area contributed by atoms with Crippen LogP contribution >= 0.6 is 0 Å². The molecule has 5 amide bonds. The Morgan fingerprint density at radius 2 is 1.75 bits per heavy atom. The number of ether oxygens (including phenoxy) is 2. The van der Waals surface area contributed by atoms with Gasteiger partial charge in [0.2, 0.25) is 17.4 Å². The van der Waals surface area contributed by atoms with E-state index in [2.05, 4.69) is 10.6 Å². The molecule has 2 N–H and O–H groups in total. The number of rotatable bonds is 6. The van der Waals surface area contributed by atoms with E-state index < -0.39 is 41.4 Å². The molecule has 1 spiro atoms. The van der Waals surface area contributed by atoms with Crippen LogP contribution in [-0.4, -0.2) is 63.4 Å². The Morgan fingerprint density at radius 3 is 2.44 bits per heavy atom. The van der Waals surface area contributed by atoms with E-state index >= 15 is 0 Å². The number of nitrogens with one attached hydrogen (secondary N) is 2. The van der Waals surface area contributed by atoms with Crippen molar-refractivity contribution in [2.45, 2.75) is 108 Å². The normalized spacial score (nSPS) is 24.3. The molecular formula is C36H41FN4O7. The lowest BCUT2D eigenvalue weighted by molar-refractivity contribution is -0.143. The summed E-state index contributed by atoms with van der Waals surface area (Å²) in [6.07, 6.45) is 4.23. The highest BCUT2D eigenvalue weighted by atomic mass is 19.1. The molecular weight excluding hydrogens is 619 g/mol. The average Bonchev–Trinajstić information content (AvgIpc) is 3.76. The number of hydrogen-bond donors (Lipinski definition) is 2. The molecule has 2 heterocycles. The number of fused-ring (bicyclic) bond motifs is 3. The van der Waals surface area contributed by atoms with Crippen LogP contribution in [-0.2, 0) is 48.8 Å². The monoisotopic (exact) mass is 660 g/mol. The zero-order valence-electron chi connectivity index (χ0n) is 27.5. The van der Waals surface area contributed by atoms with Crippen molar-refractivity contribution in [2.24, 2.45) is 5.92 Å². The predicted octanol–water partition coefficient (Wildman–Crippen LogP) is 5.09. The van der Waals surface area contributed by atoms with Crippen molar-refractivity contribution in [3.8, 4) is 0 Å². The van der Waals surface area contributed by atoms with Crippen LogP contribution in [0.4, 0.5) is 19.7 Å². The van der Waals surface area contributed by atoms with Crippen molar-refractivity contribution < 1.29 is 37.8 Å². The molecule has 11 nitrogen and oxygen atoms in total. The second-order valence-electron chi connectivity index (χ2n) is 14.9. The molecule has 0 aromatic heterocycles. The lowest BCUT2D eigenvalue weighted by Crippen LogP contribution is -2.61. The largest absolute Gasteiger partial charge is 0.444 e. The fourth-order valence-electron chi connectivity index (χ4n) is 7.63. The third-order valence-electron chi connectivity index (χ3n) is 10.4. The number of nitrogens with zero attached hydrogens (tertiary/aromatic N) is 2. The molecule has 3 aliphatic carbocycles. The molecule has 2 saturated carbocycles. The molecule has 2 aromatic rings. The van der Waals surface area contributed by atoms with Crippen LogP contribution in [0.3, 0.4) is 0 Å². The maximum atomic E-state index is 14.0. The Morgan fingerprint density at radius 1 is 0.979 bits per heavy atom. The second-order valence-corrected chi connectivity index (χ2v) is 14.9. The van der Waals surface area contributed by atoms with Crippen LogP contribution in [0.25, 0.3) is 0 Å². The van der Waals surface area contributed by atoms with Gasteiger partial charge in [0.15, 0.2) is 0 Å². The summed E-state index contributed by atoms with van der Waals surface area (Å²) in [6.45, 7) is 5.12. The highest BCUT2D eigenvalue weighted by Crippen LogP contribution is 2.47. The minimum atomic E-state index is -1.54. The smallest absolute Gasteiger partial charge is 0.418 e. The predicted molar refractivity (Wildman–Crippen MR) is 171 cm³/mol. The summed E-state index contributed by atoms with van der Waals surface area (Å²) in [6, 6.07) is 9.67. The van der Waals surface area contributed by atoms with Crippen LogP contribution in [0.15, 0.2) is 36.4 Å². The highest BCUT2D eigenvalue weighted by molar-refractivity contribution is 6.06. The summed E-state index contributed by atoms with van der Waals surface area (Å²) in [5.41, 5.74) is 0.201. The van der Waals surface area contributed by atoms with Crippen molar-refractivity contribution in [3.05, 3.63) is 64.5 Å². The van der Waals surface area contributed by atoms with Crippen molar-refractivity contribution in [2.75, 3.05) is 11.9 Å². The summed E-state index contributed by atoms with van der Waals surface area (Å²) in [7, 11) is 0. The van der Waals surface area contributed by atoms with Gasteiger partial charge in [-0.25, -0.2) is 18.9 Å². The number of aryl methyl sites for hydroxylation is 2. The van der Waals surface area contributed by atoms with E-state index in [-0.39, 0.29) is 30.1 Å². The molecule has 1 saturated heterocycles. The number of amides is 5. The van der Waals surface area contributed by atoms with Gasteiger partial charge in [-0.05, 0) is 119 Å².